The van der Waals surface area contributed by atoms with Gasteiger partial charge in [-0.3, -0.25) is 0 Å². The Kier molecular flexibility index (Phi) is 3.31. The minimum absolute atomic E-state index is 0.626. The van der Waals surface area contributed by atoms with E-state index in [4.69, 9.17) is 0 Å². The Morgan fingerprint density at radius 1 is 1.31 bits per heavy atom. The SMILES string of the molecule is CCCc1ccc(C2(O)CCN(C)C2)cc1. The summed E-state index contributed by atoms with van der Waals surface area (Å²) in [6, 6.07) is 8.47. The average Bonchev–Trinajstić information content (AvgIpc) is 2.61. The van der Waals surface area contributed by atoms with Gasteiger partial charge in [0, 0.05) is 13.1 Å². The first-order chi connectivity index (χ1) is 7.64. The summed E-state index contributed by atoms with van der Waals surface area (Å²) in [6.07, 6.45) is 3.14. The number of nitrogens with zero attached hydrogens (tertiary/aromatic N) is 1. The molecule has 0 bridgehead atoms. The second kappa shape index (κ2) is 4.56. The largest absolute Gasteiger partial charge is 0.384 e. The van der Waals surface area contributed by atoms with E-state index in [0.717, 1.165) is 31.5 Å². The first-order valence-corrected chi connectivity index (χ1v) is 6.14. The first-order valence-electron chi connectivity index (χ1n) is 6.14. The Hall–Kier alpha value is -0.860. The minimum atomic E-state index is -0.626. The molecule has 1 saturated heterocycles. The molecule has 2 heteroatoms. The maximum absolute atomic E-state index is 10.5. The van der Waals surface area contributed by atoms with Crippen molar-refractivity contribution in [1.29, 1.82) is 0 Å². The first kappa shape index (κ1) is 11.6. The van der Waals surface area contributed by atoms with E-state index in [-0.39, 0.29) is 0 Å². The summed E-state index contributed by atoms with van der Waals surface area (Å²) >= 11 is 0. The van der Waals surface area contributed by atoms with E-state index in [9.17, 15) is 5.11 Å². The summed E-state index contributed by atoms with van der Waals surface area (Å²) in [6.45, 7) is 3.92. The van der Waals surface area contributed by atoms with Crippen LogP contribution in [0.4, 0.5) is 0 Å². The van der Waals surface area contributed by atoms with Crippen molar-refractivity contribution < 1.29 is 5.11 Å². The zero-order chi connectivity index (χ0) is 11.6. The van der Waals surface area contributed by atoms with Gasteiger partial charge in [0.1, 0.15) is 5.60 Å². The molecule has 0 saturated carbocycles. The van der Waals surface area contributed by atoms with Gasteiger partial charge in [0.25, 0.3) is 0 Å². The zero-order valence-corrected chi connectivity index (χ0v) is 10.2. The van der Waals surface area contributed by atoms with Crippen molar-refractivity contribution in [1.82, 2.24) is 4.90 Å². The normalized spacial score (nSPS) is 26.2. The van der Waals surface area contributed by atoms with Gasteiger partial charge < -0.3 is 10.0 Å². The van der Waals surface area contributed by atoms with E-state index < -0.39 is 5.60 Å². The Bertz CT molecular complexity index is 346. The highest BCUT2D eigenvalue weighted by atomic mass is 16.3. The lowest BCUT2D eigenvalue weighted by molar-refractivity contribution is 0.0489. The fourth-order valence-electron chi connectivity index (χ4n) is 2.49. The van der Waals surface area contributed by atoms with Crippen molar-refractivity contribution >= 4 is 0 Å². The summed E-state index contributed by atoms with van der Waals surface area (Å²) in [4.78, 5) is 2.18. The number of aliphatic hydroxyl groups is 1. The van der Waals surface area contributed by atoms with E-state index in [1.54, 1.807) is 0 Å². The lowest BCUT2D eigenvalue weighted by Crippen LogP contribution is -2.29. The smallest absolute Gasteiger partial charge is 0.103 e. The molecule has 1 heterocycles. The van der Waals surface area contributed by atoms with Crippen LogP contribution in [0.15, 0.2) is 24.3 Å². The molecule has 1 aliphatic rings. The quantitative estimate of drug-likeness (QED) is 0.842. The van der Waals surface area contributed by atoms with Crippen LogP contribution in [0.1, 0.15) is 30.9 Å². The molecule has 88 valence electrons. The Labute approximate surface area is 97.9 Å². The maximum Gasteiger partial charge on any atom is 0.103 e. The number of likely N-dealkylation sites (tertiary alicyclic amines) is 1. The molecule has 0 amide bonds. The second-order valence-electron chi connectivity index (χ2n) is 4.97. The van der Waals surface area contributed by atoms with Gasteiger partial charge in [-0.2, -0.15) is 0 Å². The molecule has 16 heavy (non-hydrogen) atoms. The molecular weight excluding hydrogens is 198 g/mol. The van der Waals surface area contributed by atoms with Crippen LogP contribution in [-0.2, 0) is 12.0 Å². The van der Waals surface area contributed by atoms with E-state index >= 15 is 0 Å². The van der Waals surface area contributed by atoms with Crippen LogP contribution < -0.4 is 0 Å². The van der Waals surface area contributed by atoms with Crippen molar-refractivity contribution in [2.75, 3.05) is 20.1 Å². The van der Waals surface area contributed by atoms with Crippen LogP contribution in [0, 0.1) is 0 Å². The average molecular weight is 219 g/mol. The summed E-state index contributed by atoms with van der Waals surface area (Å²) < 4.78 is 0. The maximum atomic E-state index is 10.5. The number of aryl methyl sites for hydroxylation is 1. The van der Waals surface area contributed by atoms with E-state index in [0.29, 0.717) is 0 Å². The number of benzene rings is 1. The van der Waals surface area contributed by atoms with Crippen LogP contribution in [0.2, 0.25) is 0 Å². The van der Waals surface area contributed by atoms with Crippen LogP contribution in [-0.4, -0.2) is 30.1 Å². The second-order valence-corrected chi connectivity index (χ2v) is 4.97. The molecule has 2 rings (SSSR count). The van der Waals surface area contributed by atoms with Crippen LogP contribution >= 0.6 is 0 Å². The van der Waals surface area contributed by atoms with Crippen molar-refractivity contribution in [3.8, 4) is 0 Å². The topological polar surface area (TPSA) is 23.5 Å². The molecule has 2 nitrogen and oxygen atoms in total. The van der Waals surface area contributed by atoms with Crippen molar-refractivity contribution in [3.63, 3.8) is 0 Å². The number of rotatable bonds is 3. The zero-order valence-electron chi connectivity index (χ0n) is 10.2. The minimum Gasteiger partial charge on any atom is -0.384 e. The van der Waals surface area contributed by atoms with Gasteiger partial charge >= 0.3 is 0 Å². The molecule has 1 fully saturated rings. The molecule has 0 aliphatic carbocycles. The molecule has 1 aromatic carbocycles. The van der Waals surface area contributed by atoms with Gasteiger partial charge in [-0.15, -0.1) is 0 Å². The fraction of sp³-hybridized carbons (Fsp3) is 0.571. The standard InChI is InChI=1S/C14H21NO/c1-3-4-12-5-7-13(8-6-12)14(16)9-10-15(2)11-14/h5-8,16H,3-4,9-11H2,1-2H3. The highest BCUT2D eigenvalue weighted by Crippen LogP contribution is 2.31. The van der Waals surface area contributed by atoms with Gasteiger partial charge in [0.15, 0.2) is 0 Å². The summed E-state index contributed by atoms with van der Waals surface area (Å²) in [5, 5.41) is 10.5. The van der Waals surface area contributed by atoms with Gasteiger partial charge in [-0.05, 0) is 31.0 Å². The summed E-state index contributed by atoms with van der Waals surface area (Å²) in [7, 11) is 2.06. The van der Waals surface area contributed by atoms with Crippen molar-refractivity contribution in [2.45, 2.75) is 31.8 Å². The van der Waals surface area contributed by atoms with Crippen LogP contribution in [0.25, 0.3) is 0 Å². The Morgan fingerprint density at radius 2 is 2.00 bits per heavy atom. The molecule has 0 radical (unpaired) electrons. The fourth-order valence-corrected chi connectivity index (χ4v) is 2.49. The number of likely N-dealkylation sites (N-methyl/N-ethyl adjacent to an activating group) is 1. The molecule has 1 N–H and O–H groups in total. The van der Waals surface area contributed by atoms with Gasteiger partial charge in [-0.25, -0.2) is 0 Å². The van der Waals surface area contributed by atoms with Gasteiger partial charge in [-0.1, -0.05) is 37.6 Å². The summed E-state index contributed by atoms with van der Waals surface area (Å²) in [5.41, 5.74) is 1.80. The molecule has 1 aliphatic heterocycles. The van der Waals surface area contributed by atoms with Crippen LogP contribution in [0.5, 0.6) is 0 Å². The highest BCUT2D eigenvalue weighted by Gasteiger charge is 2.35. The molecular formula is C14H21NO. The molecule has 1 aromatic rings. The number of β-amino-alcohol motifs (C(OH)–C–C–N with tert-alkyl or cyclic N) is 1. The summed E-state index contributed by atoms with van der Waals surface area (Å²) in [5.74, 6) is 0. The van der Waals surface area contributed by atoms with Crippen molar-refractivity contribution in [2.24, 2.45) is 0 Å². The Morgan fingerprint density at radius 3 is 2.50 bits per heavy atom. The monoisotopic (exact) mass is 219 g/mol. The predicted molar refractivity (Wildman–Crippen MR) is 66.4 cm³/mol. The van der Waals surface area contributed by atoms with E-state index in [1.807, 2.05) is 0 Å². The van der Waals surface area contributed by atoms with Crippen molar-refractivity contribution in [3.05, 3.63) is 35.4 Å². The third kappa shape index (κ3) is 2.28. The number of hydrogen-bond donors (Lipinski definition) is 1. The van der Waals surface area contributed by atoms with E-state index in [1.165, 1.54) is 12.0 Å². The highest BCUT2D eigenvalue weighted by molar-refractivity contribution is 5.28. The van der Waals surface area contributed by atoms with E-state index in [2.05, 4.69) is 43.1 Å². The Balaban J connectivity index is 2.15. The van der Waals surface area contributed by atoms with Gasteiger partial charge in [0.2, 0.25) is 0 Å². The third-order valence-corrected chi connectivity index (χ3v) is 3.47. The molecule has 1 atom stereocenters. The third-order valence-electron chi connectivity index (χ3n) is 3.47. The molecule has 1 unspecified atom stereocenters. The predicted octanol–water partition coefficient (Wildman–Crippen LogP) is 2.16. The lowest BCUT2D eigenvalue weighted by atomic mass is 9.92. The van der Waals surface area contributed by atoms with Gasteiger partial charge in [0.05, 0.1) is 0 Å². The molecule has 0 spiro atoms. The lowest BCUT2D eigenvalue weighted by Gasteiger charge is -2.23. The number of hydrogen-bond acceptors (Lipinski definition) is 2. The molecule has 0 aromatic heterocycles. The van der Waals surface area contributed by atoms with Crippen LogP contribution in [0.3, 0.4) is 0 Å².